The zero-order chi connectivity index (χ0) is 18.9. The number of aromatic nitrogens is 3. The zero-order valence-corrected chi connectivity index (χ0v) is 16.9. The van der Waals surface area contributed by atoms with Gasteiger partial charge in [-0.3, -0.25) is 0 Å². The molecular weight excluding hydrogens is 368 g/mol. The van der Waals surface area contributed by atoms with Gasteiger partial charge in [-0.1, -0.05) is 29.9 Å². The van der Waals surface area contributed by atoms with Crippen LogP contribution in [0.2, 0.25) is 0 Å². The SMILES string of the molecule is Nc1nc(-c2ccc3c(c2)CCC3)nc2nc(NCCN3CCCCC3)sc12. The molecule has 0 amide bonds. The molecule has 0 spiro atoms. The number of nitrogens with one attached hydrogen (secondary N) is 1. The van der Waals surface area contributed by atoms with Crippen LogP contribution in [0.25, 0.3) is 21.7 Å². The van der Waals surface area contributed by atoms with E-state index in [1.54, 1.807) is 11.3 Å². The smallest absolute Gasteiger partial charge is 0.185 e. The van der Waals surface area contributed by atoms with Crippen molar-refractivity contribution in [3.05, 3.63) is 29.3 Å². The van der Waals surface area contributed by atoms with Crippen molar-refractivity contribution in [2.45, 2.75) is 38.5 Å². The van der Waals surface area contributed by atoms with Crippen LogP contribution in [-0.4, -0.2) is 46.0 Å². The van der Waals surface area contributed by atoms with Crippen LogP contribution in [0.4, 0.5) is 10.9 Å². The molecule has 1 fully saturated rings. The summed E-state index contributed by atoms with van der Waals surface area (Å²) in [6, 6.07) is 6.53. The first kappa shape index (κ1) is 17.8. The number of benzene rings is 1. The molecule has 3 N–H and O–H groups in total. The van der Waals surface area contributed by atoms with Crippen LogP contribution in [0, 0.1) is 0 Å². The highest BCUT2D eigenvalue weighted by Gasteiger charge is 2.16. The maximum absolute atomic E-state index is 6.25. The molecular formula is C21H26N6S. The number of likely N-dealkylation sites (tertiary alicyclic amines) is 1. The number of aryl methyl sites for hydroxylation is 2. The van der Waals surface area contributed by atoms with Crippen molar-refractivity contribution >= 4 is 32.6 Å². The van der Waals surface area contributed by atoms with Gasteiger partial charge in [0.25, 0.3) is 0 Å². The normalized spacial score (nSPS) is 17.1. The number of fused-ring (bicyclic) bond motifs is 2. The Balaban J connectivity index is 1.34. The van der Waals surface area contributed by atoms with Gasteiger partial charge in [-0.15, -0.1) is 0 Å². The first-order valence-electron chi connectivity index (χ1n) is 10.3. The summed E-state index contributed by atoms with van der Waals surface area (Å²) in [7, 11) is 0. The molecule has 2 aliphatic rings. The van der Waals surface area contributed by atoms with E-state index in [0.29, 0.717) is 17.3 Å². The number of nitrogen functional groups attached to an aromatic ring is 1. The fourth-order valence-corrected chi connectivity index (χ4v) is 5.10. The van der Waals surface area contributed by atoms with Gasteiger partial charge < -0.3 is 16.0 Å². The minimum atomic E-state index is 0.516. The molecule has 5 rings (SSSR count). The second kappa shape index (κ2) is 7.64. The number of hydrogen-bond acceptors (Lipinski definition) is 7. The maximum atomic E-state index is 6.25. The Morgan fingerprint density at radius 3 is 2.75 bits per heavy atom. The fourth-order valence-electron chi connectivity index (χ4n) is 4.26. The van der Waals surface area contributed by atoms with Gasteiger partial charge in [0, 0.05) is 18.7 Å². The van der Waals surface area contributed by atoms with E-state index in [9.17, 15) is 0 Å². The predicted molar refractivity (Wildman–Crippen MR) is 116 cm³/mol. The number of nitrogens with zero attached hydrogens (tertiary/aromatic N) is 4. The number of thiazole rings is 1. The number of nitrogens with two attached hydrogens (primary N) is 1. The first-order valence-corrected chi connectivity index (χ1v) is 11.1. The molecule has 28 heavy (non-hydrogen) atoms. The van der Waals surface area contributed by atoms with Crippen molar-refractivity contribution in [2.24, 2.45) is 0 Å². The molecule has 3 aromatic rings. The van der Waals surface area contributed by atoms with E-state index in [2.05, 4.69) is 38.4 Å². The lowest BCUT2D eigenvalue weighted by molar-refractivity contribution is 0.237. The summed E-state index contributed by atoms with van der Waals surface area (Å²) in [4.78, 5) is 16.5. The highest BCUT2D eigenvalue weighted by atomic mass is 32.1. The molecule has 0 bridgehead atoms. The van der Waals surface area contributed by atoms with E-state index in [1.165, 1.54) is 56.3 Å². The standard InChI is InChI=1S/C21H26N6S/c22-18-17-20(26-21(28-17)23-9-12-27-10-2-1-3-11-27)25-19(24-18)16-8-7-14-5-4-6-15(14)13-16/h7-8,13H,1-6,9-12H2,(H3,22,23,24,25,26). The lowest BCUT2D eigenvalue weighted by Crippen LogP contribution is -2.33. The van der Waals surface area contributed by atoms with Crippen LogP contribution >= 0.6 is 11.3 Å². The van der Waals surface area contributed by atoms with E-state index in [1.807, 2.05) is 0 Å². The third-order valence-electron chi connectivity index (χ3n) is 5.79. The summed E-state index contributed by atoms with van der Waals surface area (Å²) >= 11 is 1.54. The van der Waals surface area contributed by atoms with Crippen LogP contribution in [0.5, 0.6) is 0 Å². The van der Waals surface area contributed by atoms with Crippen molar-refractivity contribution < 1.29 is 0 Å². The van der Waals surface area contributed by atoms with Crippen molar-refractivity contribution in [1.29, 1.82) is 0 Å². The molecule has 2 aromatic heterocycles. The number of piperidine rings is 1. The third-order valence-corrected chi connectivity index (χ3v) is 6.81. The van der Waals surface area contributed by atoms with Gasteiger partial charge >= 0.3 is 0 Å². The number of anilines is 2. The van der Waals surface area contributed by atoms with Gasteiger partial charge in [-0.2, -0.15) is 4.98 Å². The molecule has 1 aliphatic heterocycles. The first-order chi connectivity index (χ1) is 13.8. The quantitative estimate of drug-likeness (QED) is 0.686. The topological polar surface area (TPSA) is 80.0 Å². The number of rotatable bonds is 5. The second-order valence-electron chi connectivity index (χ2n) is 7.77. The summed E-state index contributed by atoms with van der Waals surface area (Å²) < 4.78 is 0.866. The lowest BCUT2D eigenvalue weighted by Gasteiger charge is -2.26. The Morgan fingerprint density at radius 2 is 1.86 bits per heavy atom. The molecule has 0 radical (unpaired) electrons. The Morgan fingerprint density at radius 1 is 1.00 bits per heavy atom. The summed E-state index contributed by atoms with van der Waals surface area (Å²) in [5, 5.41) is 4.32. The van der Waals surface area contributed by atoms with E-state index >= 15 is 0 Å². The molecule has 0 atom stereocenters. The average molecular weight is 395 g/mol. The van der Waals surface area contributed by atoms with Crippen LogP contribution in [-0.2, 0) is 12.8 Å². The molecule has 3 heterocycles. The van der Waals surface area contributed by atoms with Gasteiger partial charge in [0.1, 0.15) is 10.5 Å². The molecule has 6 nitrogen and oxygen atoms in total. The van der Waals surface area contributed by atoms with Crippen molar-refractivity contribution in [3.63, 3.8) is 0 Å². The summed E-state index contributed by atoms with van der Waals surface area (Å²) in [5.74, 6) is 1.19. The third kappa shape index (κ3) is 3.56. The van der Waals surface area contributed by atoms with E-state index in [0.717, 1.165) is 34.9 Å². The minimum Gasteiger partial charge on any atom is -0.382 e. The van der Waals surface area contributed by atoms with Crippen molar-refractivity contribution in [3.8, 4) is 11.4 Å². The minimum absolute atomic E-state index is 0.516. The summed E-state index contributed by atoms with van der Waals surface area (Å²) in [6.07, 6.45) is 7.56. The lowest BCUT2D eigenvalue weighted by atomic mass is 10.1. The second-order valence-corrected chi connectivity index (χ2v) is 8.77. The van der Waals surface area contributed by atoms with Gasteiger partial charge in [0.05, 0.1) is 0 Å². The van der Waals surface area contributed by atoms with Gasteiger partial charge in [-0.25, -0.2) is 9.97 Å². The molecule has 0 unspecified atom stereocenters. The summed E-state index contributed by atoms with van der Waals surface area (Å²) in [6.45, 7) is 4.37. The molecule has 7 heteroatoms. The summed E-state index contributed by atoms with van der Waals surface area (Å²) in [5.41, 5.74) is 10.8. The Hall–Kier alpha value is -2.25. The van der Waals surface area contributed by atoms with E-state index in [-0.39, 0.29) is 0 Å². The van der Waals surface area contributed by atoms with Crippen LogP contribution in [0.1, 0.15) is 36.8 Å². The van der Waals surface area contributed by atoms with Gasteiger partial charge in [0.15, 0.2) is 16.6 Å². The highest BCUT2D eigenvalue weighted by molar-refractivity contribution is 7.22. The Bertz CT molecular complexity index is 992. The largest absolute Gasteiger partial charge is 0.382 e. The van der Waals surface area contributed by atoms with Crippen molar-refractivity contribution in [1.82, 2.24) is 19.9 Å². The number of hydrogen-bond donors (Lipinski definition) is 2. The molecule has 146 valence electrons. The maximum Gasteiger partial charge on any atom is 0.185 e. The average Bonchev–Trinajstić information content (AvgIpc) is 3.35. The van der Waals surface area contributed by atoms with E-state index < -0.39 is 0 Å². The molecule has 1 aromatic carbocycles. The fraction of sp³-hybridized carbons (Fsp3) is 0.476. The van der Waals surface area contributed by atoms with Gasteiger partial charge in [-0.05, 0) is 62.4 Å². The van der Waals surface area contributed by atoms with Crippen LogP contribution in [0.3, 0.4) is 0 Å². The van der Waals surface area contributed by atoms with Gasteiger partial charge in [0.2, 0.25) is 0 Å². The highest BCUT2D eigenvalue weighted by Crippen LogP contribution is 2.32. The predicted octanol–water partition coefficient (Wildman–Crippen LogP) is 3.72. The van der Waals surface area contributed by atoms with E-state index in [4.69, 9.17) is 10.7 Å². The van der Waals surface area contributed by atoms with Crippen LogP contribution < -0.4 is 11.1 Å². The monoisotopic (exact) mass is 394 g/mol. The molecule has 1 saturated heterocycles. The molecule has 0 saturated carbocycles. The van der Waals surface area contributed by atoms with Crippen molar-refractivity contribution in [2.75, 3.05) is 37.2 Å². The Kier molecular flexibility index (Phi) is 4.86. The van der Waals surface area contributed by atoms with Crippen LogP contribution in [0.15, 0.2) is 18.2 Å². The Labute approximate surface area is 169 Å². The zero-order valence-electron chi connectivity index (χ0n) is 16.1. The molecule has 1 aliphatic carbocycles.